The number of rotatable bonds is 9. The first kappa shape index (κ1) is 23.5. The molecule has 1 N–H and O–H groups in total. The first-order valence-corrected chi connectivity index (χ1v) is 9.54. The zero-order chi connectivity index (χ0) is 21.2. The van der Waals surface area contributed by atoms with Crippen molar-refractivity contribution >= 4 is 18.0 Å². The number of ether oxygens (including phenoxy) is 3. The van der Waals surface area contributed by atoms with Gasteiger partial charge in [-0.3, -0.25) is 9.59 Å². The van der Waals surface area contributed by atoms with Crippen molar-refractivity contribution in [3.63, 3.8) is 0 Å². The summed E-state index contributed by atoms with van der Waals surface area (Å²) < 4.78 is 15.2. The van der Waals surface area contributed by atoms with Gasteiger partial charge in [0.05, 0.1) is 13.2 Å². The second kappa shape index (κ2) is 11.3. The van der Waals surface area contributed by atoms with Crippen LogP contribution in [0.3, 0.4) is 0 Å². The van der Waals surface area contributed by atoms with Crippen LogP contribution >= 0.6 is 0 Å². The maximum atomic E-state index is 12.1. The molecule has 0 atom stereocenters. The lowest BCUT2D eigenvalue weighted by Gasteiger charge is -2.19. The van der Waals surface area contributed by atoms with Crippen molar-refractivity contribution in [1.82, 2.24) is 5.32 Å². The van der Waals surface area contributed by atoms with Crippen molar-refractivity contribution in [2.75, 3.05) is 19.8 Å². The van der Waals surface area contributed by atoms with E-state index in [0.29, 0.717) is 13.0 Å². The quantitative estimate of drug-likeness (QED) is 0.394. The minimum Gasteiger partial charge on any atom is -0.465 e. The smallest absolute Gasteiger partial charge is 0.407 e. The fraction of sp³-hybridized carbons (Fsp3) is 0.571. The SMILES string of the molecule is CCOC(=O)C(Cc1ccc(CCNC(=O)OC(C)(C)C)cc1)C(=O)OCC. The number of hydrogen-bond donors (Lipinski definition) is 1. The molecule has 0 bridgehead atoms. The number of nitrogens with one attached hydrogen (secondary N) is 1. The predicted molar refractivity (Wildman–Crippen MR) is 105 cm³/mol. The zero-order valence-corrected chi connectivity index (χ0v) is 17.4. The molecule has 1 amide bonds. The van der Waals surface area contributed by atoms with Gasteiger partial charge < -0.3 is 19.5 Å². The van der Waals surface area contributed by atoms with Crippen LogP contribution in [0.1, 0.15) is 45.7 Å². The van der Waals surface area contributed by atoms with Crippen LogP contribution in [-0.2, 0) is 36.6 Å². The summed E-state index contributed by atoms with van der Waals surface area (Å²) in [6.45, 7) is 9.68. The molecule has 0 aliphatic heterocycles. The van der Waals surface area contributed by atoms with E-state index in [9.17, 15) is 14.4 Å². The summed E-state index contributed by atoms with van der Waals surface area (Å²) in [5.74, 6) is -2.13. The number of carbonyl (C=O) groups excluding carboxylic acids is 3. The number of alkyl carbamates (subject to hydrolysis) is 1. The third-order valence-corrected chi connectivity index (χ3v) is 3.69. The molecule has 1 aromatic carbocycles. The van der Waals surface area contributed by atoms with Gasteiger partial charge in [0, 0.05) is 6.54 Å². The summed E-state index contributed by atoms with van der Waals surface area (Å²) in [7, 11) is 0. The molecule has 156 valence electrons. The average molecular weight is 393 g/mol. The Morgan fingerprint density at radius 3 is 1.89 bits per heavy atom. The Bertz CT molecular complexity index is 630. The van der Waals surface area contributed by atoms with Crippen LogP contribution in [0.5, 0.6) is 0 Å². The standard InChI is InChI=1S/C21H31NO6/c1-6-26-18(23)17(19(24)27-7-2)14-16-10-8-15(9-11-16)12-13-22-20(25)28-21(3,4)5/h8-11,17H,6-7,12-14H2,1-5H3,(H,22,25). The molecule has 0 radical (unpaired) electrons. The summed E-state index contributed by atoms with van der Waals surface area (Å²) in [4.78, 5) is 35.8. The summed E-state index contributed by atoms with van der Waals surface area (Å²) in [5, 5.41) is 2.71. The van der Waals surface area contributed by atoms with Gasteiger partial charge in [0.15, 0.2) is 5.92 Å². The van der Waals surface area contributed by atoms with Crippen LogP contribution < -0.4 is 5.32 Å². The first-order valence-electron chi connectivity index (χ1n) is 9.54. The monoisotopic (exact) mass is 393 g/mol. The van der Waals surface area contributed by atoms with E-state index < -0.39 is 29.6 Å². The molecule has 28 heavy (non-hydrogen) atoms. The van der Waals surface area contributed by atoms with Crippen molar-refractivity contribution < 1.29 is 28.6 Å². The van der Waals surface area contributed by atoms with Gasteiger partial charge in [-0.05, 0) is 58.6 Å². The Morgan fingerprint density at radius 2 is 1.43 bits per heavy atom. The molecule has 0 fully saturated rings. The summed E-state index contributed by atoms with van der Waals surface area (Å²) in [6.07, 6.45) is 0.406. The fourth-order valence-electron chi connectivity index (χ4n) is 2.45. The second-order valence-electron chi connectivity index (χ2n) is 7.26. The zero-order valence-electron chi connectivity index (χ0n) is 17.4. The average Bonchev–Trinajstić information content (AvgIpc) is 2.59. The number of hydrogen-bond acceptors (Lipinski definition) is 6. The van der Waals surface area contributed by atoms with Crippen molar-refractivity contribution in [3.05, 3.63) is 35.4 Å². The van der Waals surface area contributed by atoms with E-state index in [1.54, 1.807) is 13.8 Å². The highest BCUT2D eigenvalue weighted by atomic mass is 16.6. The molecule has 1 aromatic rings. The van der Waals surface area contributed by atoms with Crippen molar-refractivity contribution in [2.24, 2.45) is 5.92 Å². The molecular weight excluding hydrogens is 362 g/mol. The molecule has 0 aliphatic carbocycles. The second-order valence-corrected chi connectivity index (χ2v) is 7.26. The van der Waals surface area contributed by atoms with Crippen LogP contribution in [0.15, 0.2) is 24.3 Å². The molecule has 7 heteroatoms. The van der Waals surface area contributed by atoms with E-state index >= 15 is 0 Å². The molecule has 0 unspecified atom stereocenters. The number of benzene rings is 1. The van der Waals surface area contributed by atoms with Gasteiger partial charge in [-0.2, -0.15) is 0 Å². The van der Waals surface area contributed by atoms with Crippen LogP contribution in [0.4, 0.5) is 4.79 Å². The van der Waals surface area contributed by atoms with Crippen LogP contribution in [0, 0.1) is 5.92 Å². The fourth-order valence-corrected chi connectivity index (χ4v) is 2.45. The Morgan fingerprint density at radius 1 is 0.929 bits per heavy atom. The van der Waals surface area contributed by atoms with E-state index in [1.165, 1.54) is 0 Å². The minimum atomic E-state index is -0.973. The Labute approximate surface area is 166 Å². The Hall–Kier alpha value is -2.57. The predicted octanol–water partition coefficient (Wildman–Crippen LogP) is 3.04. The number of esters is 2. The molecule has 7 nitrogen and oxygen atoms in total. The summed E-state index contributed by atoms with van der Waals surface area (Å²) >= 11 is 0. The van der Waals surface area contributed by atoms with Gasteiger partial charge >= 0.3 is 18.0 Å². The van der Waals surface area contributed by atoms with Crippen LogP contribution in [-0.4, -0.2) is 43.4 Å². The molecule has 0 aliphatic rings. The molecule has 0 saturated heterocycles. The van der Waals surface area contributed by atoms with Gasteiger partial charge in [-0.25, -0.2) is 4.79 Å². The molecule has 1 rings (SSSR count). The van der Waals surface area contributed by atoms with E-state index in [0.717, 1.165) is 11.1 Å². The van der Waals surface area contributed by atoms with Gasteiger partial charge in [0.1, 0.15) is 5.60 Å². The van der Waals surface area contributed by atoms with Crippen molar-refractivity contribution in [2.45, 2.75) is 53.1 Å². The first-order chi connectivity index (χ1) is 13.2. The van der Waals surface area contributed by atoms with Crippen LogP contribution in [0.2, 0.25) is 0 Å². The van der Waals surface area contributed by atoms with E-state index in [4.69, 9.17) is 14.2 Å². The number of amides is 1. The maximum Gasteiger partial charge on any atom is 0.407 e. The van der Waals surface area contributed by atoms with E-state index in [2.05, 4.69) is 5.32 Å². The van der Waals surface area contributed by atoms with Crippen LogP contribution in [0.25, 0.3) is 0 Å². The highest BCUT2D eigenvalue weighted by Crippen LogP contribution is 2.14. The van der Waals surface area contributed by atoms with E-state index in [1.807, 2.05) is 45.0 Å². The maximum absolute atomic E-state index is 12.1. The minimum absolute atomic E-state index is 0.207. The highest BCUT2D eigenvalue weighted by molar-refractivity contribution is 5.95. The third kappa shape index (κ3) is 8.88. The van der Waals surface area contributed by atoms with E-state index in [-0.39, 0.29) is 19.6 Å². The molecule has 0 heterocycles. The number of carbonyl (C=O) groups is 3. The lowest BCUT2D eigenvalue weighted by Crippen LogP contribution is -2.33. The molecular formula is C21H31NO6. The summed E-state index contributed by atoms with van der Waals surface area (Å²) in [6, 6.07) is 7.52. The molecule has 0 saturated carbocycles. The summed E-state index contributed by atoms with van der Waals surface area (Å²) in [5.41, 5.74) is 1.32. The van der Waals surface area contributed by atoms with Gasteiger partial charge in [-0.1, -0.05) is 24.3 Å². The third-order valence-electron chi connectivity index (χ3n) is 3.69. The normalized spacial score (nSPS) is 11.1. The lowest BCUT2D eigenvalue weighted by atomic mass is 9.98. The lowest BCUT2D eigenvalue weighted by molar-refractivity contribution is -0.161. The van der Waals surface area contributed by atoms with Crippen molar-refractivity contribution in [3.8, 4) is 0 Å². The topological polar surface area (TPSA) is 90.9 Å². The molecule has 0 aromatic heterocycles. The molecule has 0 spiro atoms. The van der Waals surface area contributed by atoms with Gasteiger partial charge in [0.2, 0.25) is 0 Å². The van der Waals surface area contributed by atoms with Gasteiger partial charge in [-0.15, -0.1) is 0 Å². The highest BCUT2D eigenvalue weighted by Gasteiger charge is 2.29. The Kier molecular flexibility index (Phi) is 9.48. The largest absolute Gasteiger partial charge is 0.465 e. The Balaban J connectivity index is 2.61. The van der Waals surface area contributed by atoms with Crippen molar-refractivity contribution in [1.29, 1.82) is 0 Å². The van der Waals surface area contributed by atoms with Gasteiger partial charge in [0.25, 0.3) is 0 Å².